The SMILES string of the molecule is CC(C)(CSc1ccc(F)c(Cl)c1)C(=O)NN. The van der Waals surface area contributed by atoms with Crippen molar-refractivity contribution in [3.8, 4) is 0 Å². The van der Waals surface area contributed by atoms with Crippen LogP contribution in [0.4, 0.5) is 4.39 Å². The summed E-state index contributed by atoms with van der Waals surface area (Å²) in [7, 11) is 0. The van der Waals surface area contributed by atoms with E-state index >= 15 is 0 Å². The number of thioether (sulfide) groups is 1. The van der Waals surface area contributed by atoms with E-state index in [2.05, 4.69) is 5.43 Å². The predicted octanol–water partition coefficient (Wildman–Crippen LogP) is 2.59. The van der Waals surface area contributed by atoms with Crippen molar-refractivity contribution >= 4 is 29.3 Å². The Morgan fingerprint density at radius 1 is 1.59 bits per heavy atom. The summed E-state index contributed by atoms with van der Waals surface area (Å²) in [4.78, 5) is 12.3. The van der Waals surface area contributed by atoms with Gasteiger partial charge in [-0.25, -0.2) is 10.2 Å². The van der Waals surface area contributed by atoms with Crippen LogP contribution in [0, 0.1) is 11.2 Å². The smallest absolute Gasteiger partial charge is 0.240 e. The van der Waals surface area contributed by atoms with Crippen LogP contribution in [0.5, 0.6) is 0 Å². The van der Waals surface area contributed by atoms with Gasteiger partial charge in [0, 0.05) is 10.6 Å². The van der Waals surface area contributed by atoms with Gasteiger partial charge in [0.05, 0.1) is 10.4 Å². The molecule has 0 radical (unpaired) electrons. The summed E-state index contributed by atoms with van der Waals surface area (Å²) in [6.45, 7) is 3.57. The van der Waals surface area contributed by atoms with E-state index < -0.39 is 11.2 Å². The molecular formula is C11H14ClFN2OS. The van der Waals surface area contributed by atoms with E-state index in [0.717, 1.165) is 4.90 Å². The van der Waals surface area contributed by atoms with Gasteiger partial charge < -0.3 is 0 Å². The van der Waals surface area contributed by atoms with Gasteiger partial charge in [0.1, 0.15) is 5.82 Å². The average molecular weight is 277 g/mol. The van der Waals surface area contributed by atoms with E-state index in [-0.39, 0.29) is 10.9 Å². The minimum atomic E-state index is -0.597. The lowest BCUT2D eigenvalue weighted by Crippen LogP contribution is -2.42. The first-order valence-corrected chi connectivity index (χ1v) is 6.32. The van der Waals surface area contributed by atoms with Gasteiger partial charge in [0.25, 0.3) is 0 Å². The number of nitrogens with two attached hydrogens (primary N) is 1. The van der Waals surface area contributed by atoms with Crippen LogP contribution in [0.15, 0.2) is 23.1 Å². The Kier molecular flexibility index (Phi) is 4.80. The third-order valence-electron chi connectivity index (χ3n) is 2.24. The van der Waals surface area contributed by atoms with Crippen molar-refractivity contribution in [3.63, 3.8) is 0 Å². The number of carbonyl (C=O) groups excluding carboxylic acids is 1. The van der Waals surface area contributed by atoms with Gasteiger partial charge in [-0.2, -0.15) is 0 Å². The van der Waals surface area contributed by atoms with Crippen LogP contribution in [0.2, 0.25) is 5.02 Å². The van der Waals surface area contributed by atoms with E-state index in [0.29, 0.717) is 5.75 Å². The first-order chi connectivity index (χ1) is 7.86. The van der Waals surface area contributed by atoms with Crippen LogP contribution < -0.4 is 11.3 Å². The number of amides is 1. The first kappa shape index (κ1) is 14.3. The molecular weight excluding hydrogens is 263 g/mol. The topological polar surface area (TPSA) is 55.1 Å². The van der Waals surface area contributed by atoms with Gasteiger partial charge in [-0.15, -0.1) is 11.8 Å². The third-order valence-corrected chi connectivity index (χ3v) is 3.98. The lowest BCUT2D eigenvalue weighted by atomic mass is 9.96. The van der Waals surface area contributed by atoms with Crippen molar-refractivity contribution in [3.05, 3.63) is 29.0 Å². The van der Waals surface area contributed by atoms with Crippen LogP contribution in [0.25, 0.3) is 0 Å². The molecule has 0 fully saturated rings. The molecule has 1 aromatic rings. The molecule has 0 saturated carbocycles. The number of nitrogens with one attached hydrogen (secondary N) is 1. The van der Waals surface area contributed by atoms with Crippen molar-refractivity contribution < 1.29 is 9.18 Å². The first-order valence-electron chi connectivity index (χ1n) is 4.96. The normalized spacial score (nSPS) is 11.4. The fourth-order valence-corrected chi connectivity index (χ4v) is 2.36. The zero-order chi connectivity index (χ0) is 13.1. The Labute approximate surface area is 109 Å². The third kappa shape index (κ3) is 3.87. The quantitative estimate of drug-likeness (QED) is 0.385. The number of hydrogen-bond donors (Lipinski definition) is 2. The highest BCUT2D eigenvalue weighted by molar-refractivity contribution is 7.99. The molecule has 3 N–H and O–H groups in total. The standard InChI is InChI=1S/C11H14ClFN2OS/c1-11(2,10(16)15-14)6-17-7-3-4-9(13)8(12)5-7/h3-5H,6,14H2,1-2H3,(H,15,16). The lowest BCUT2D eigenvalue weighted by molar-refractivity contribution is -0.128. The van der Waals surface area contributed by atoms with Gasteiger partial charge in [0.2, 0.25) is 5.91 Å². The zero-order valence-electron chi connectivity index (χ0n) is 9.59. The predicted molar refractivity (Wildman–Crippen MR) is 68.2 cm³/mol. The summed E-state index contributed by atoms with van der Waals surface area (Å²) in [5.41, 5.74) is 1.53. The Morgan fingerprint density at radius 2 is 2.24 bits per heavy atom. The van der Waals surface area contributed by atoms with Gasteiger partial charge in [-0.1, -0.05) is 25.4 Å². The number of benzene rings is 1. The molecule has 0 aliphatic rings. The van der Waals surface area contributed by atoms with Crippen molar-refractivity contribution in [2.24, 2.45) is 11.3 Å². The second-order valence-electron chi connectivity index (χ2n) is 4.22. The maximum atomic E-state index is 12.9. The molecule has 0 bridgehead atoms. The van der Waals surface area contributed by atoms with Crippen LogP contribution in [0.3, 0.4) is 0 Å². The Hall–Kier alpha value is -0.780. The van der Waals surface area contributed by atoms with Crippen molar-refractivity contribution in [2.45, 2.75) is 18.7 Å². The van der Waals surface area contributed by atoms with Gasteiger partial charge in [-0.3, -0.25) is 10.2 Å². The second kappa shape index (κ2) is 5.71. The van der Waals surface area contributed by atoms with Crippen LogP contribution in [-0.2, 0) is 4.79 Å². The number of halogens is 2. The number of hydrogen-bond acceptors (Lipinski definition) is 3. The molecule has 6 heteroatoms. The molecule has 0 aromatic heterocycles. The molecule has 17 heavy (non-hydrogen) atoms. The Balaban J connectivity index is 2.67. The van der Waals surface area contributed by atoms with E-state index in [4.69, 9.17) is 17.4 Å². The molecule has 1 amide bonds. The van der Waals surface area contributed by atoms with Gasteiger partial charge >= 0.3 is 0 Å². The van der Waals surface area contributed by atoms with Crippen LogP contribution >= 0.6 is 23.4 Å². The summed E-state index contributed by atoms with van der Waals surface area (Å²) in [5, 5.41) is 0.0797. The summed E-state index contributed by atoms with van der Waals surface area (Å²) >= 11 is 7.09. The van der Waals surface area contributed by atoms with Gasteiger partial charge in [-0.05, 0) is 18.2 Å². The number of hydrazine groups is 1. The molecule has 0 saturated heterocycles. The molecule has 0 spiro atoms. The molecule has 3 nitrogen and oxygen atoms in total. The van der Waals surface area contributed by atoms with Crippen molar-refractivity contribution in [2.75, 3.05) is 5.75 Å². The largest absolute Gasteiger partial charge is 0.294 e. The summed E-state index contributed by atoms with van der Waals surface area (Å²) in [6, 6.07) is 4.47. The fourth-order valence-electron chi connectivity index (χ4n) is 1.09. The zero-order valence-corrected chi connectivity index (χ0v) is 11.2. The van der Waals surface area contributed by atoms with Crippen molar-refractivity contribution in [1.29, 1.82) is 0 Å². The van der Waals surface area contributed by atoms with Crippen LogP contribution in [-0.4, -0.2) is 11.7 Å². The Morgan fingerprint density at radius 3 is 2.76 bits per heavy atom. The minimum absolute atomic E-state index is 0.0797. The molecule has 0 aliphatic heterocycles. The van der Waals surface area contributed by atoms with Gasteiger partial charge in [0.15, 0.2) is 0 Å². The average Bonchev–Trinajstić information content (AvgIpc) is 2.29. The maximum Gasteiger partial charge on any atom is 0.240 e. The molecule has 1 aromatic carbocycles. The number of carbonyl (C=O) groups is 1. The second-order valence-corrected chi connectivity index (χ2v) is 5.68. The lowest BCUT2D eigenvalue weighted by Gasteiger charge is -2.21. The van der Waals surface area contributed by atoms with Crippen molar-refractivity contribution in [1.82, 2.24) is 5.43 Å². The molecule has 0 heterocycles. The molecule has 0 unspecified atom stereocenters. The van der Waals surface area contributed by atoms with E-state index in [9.17, 15) is 9.18 Å². The molecule has 0 atom stereocenters. The summed E-state index contributed by atoms with van der Waals surface area (Å²) in [6.07, 6.45) is 0. The molecule has 1 rings (SSSR count). The summed E-state index contributed by atoms with van der Waals surface area (Å²) in [5.74, 6) is 4.93. The van der Waals surface area contributed by atoms with E-state index in [1.807, 2.05) is 0 Å². The Bertz CT molecular complexity index is 426. The minimum Gasteiger partial charge on any atom is -0.294 e. The maximum absolute atomic E-state index is 12.9. The van der Waals surface area contributed by atoms with E-state index in [1.54, 1.807) is 19.9 Å². The highest BCUT2D eigenvalue weighted by atomic mass is 35.5. The molecule has 94 valence electrons. The fraction of sp³-hybridized carbons (Fsp3) is 0.364. The number of rotatable bonds is 4. The molecule has 0 aliphatic carbocycles. The van der Waals surface area contributed by atoms with E-state index in [1.165, 1.54) is 23.9 Å². The highest BCUT2D eigenvalue weighted by Crippen LogP contribution is 2.29. The highest BCUT2D eigenvalue weighted by Gasteiger charge is 2.27. The monoisotopic (exact) mass is 276 g/mol. The van der Waals surface area contributed by atoms with Crippen LogP contribution in [0.1, 0.15) is 13.8 Å². The summed E-state index contributed by atoms with van der Waals surface area (Å²) < 4.78 is 12.9.